The van der Waals surface area contributed by atoms with Gasteiger partial charge < -0.3 is 19.9 Å². The molecule has 3 aromatic rings. The highest BCUT2D eigenvalue weighted by Gasteiger charge is 2.44. The minimum Gasteiger partial charge on any atom is -0.381 e. The first-order valence-electron chi connectivity index (χ1n) is 11.8. The molecule has 0 spiro atoms. The summed E-state index contributed by atoms with van der Waals surface area (Å²) in [6.45, 7) is 6.06. The quantitative estimate of drug-likeness (QED) is 0.628. The van der Waals surface area contributed by atoms with Crippen LogP contribution in [0.1, 0.15) is 24.0 Å². The van der Waals surface area contributed by atoms with Gasteiger partial charge in [0, 0.05) is 51.7 Å². The van der Waals surface area contributed by atoms with Crippen LogP contribution in [0.5, 0.6) is 0 Å². The molecule has 34 heavy (non-hydrogen) atoms. The number of rotatable bonds is 5. The Labute approximate surface area is 200 Å². The number of aromatic nitrogens is 3. The first kappa shape index (κ1) is 22.3. The molecule has 4 heterocycles. The molecule has 0 atom stereocenters. The second-order valence-electron chi connectivity index (χ2n) is 8.94. The van der Waals surface area contributed by atoms with Gasteiger partial charge in [-0.1, -0.05) is 30.3 Å². The number of carbonyl (C=O) groups excluding carboxylic acids is 1. The number of nitrogens with one attached hydrogen (secondary N) is 1. The molecule has 2 aromatic heterocycles. The molecule has 0 unspecified atom stereocenters. The van der Waals surface area contributed by atoms with Gasteiger partial charge in [0.25, 0.3) is 0 Å². The van der Waals surface area contributed by atoms with Gasteiger partial charge in [-0.25, -0.2) is 15.0 Å². The fraction of sp³-hybridized carbons (Fsp3) is 0.385. The summed E-state index contributed by atoms with van der Waals surface area (Å²) in [6.07, 6.45) is 4.79. The Balaban J connectivity index is 1.27. The van der Waals surface area contributed by atoms with E-state index in [0.29, 0.717) is 32.1 Å². The number of amides is 1. The number of hydrogen-bond donors (Lipinski definition) is 1. The van der Waals surface area contributed by atoms with Crippen molar-refractivity contribution in [1.82, 2.24) is 19.9 Å². The fourth-order valence-corrected chi connectivity index (χ4v) is 4.87. The molecule has 2 aliphatic heterocycles. The van der Waals surface area contributed by atoms with E-state index in [0.717, 1.165) is 48.7 Å². The summed E-state index contributed by atoms with van der Waals surface area (Å²) >= 11 is 0. The molecule has 1 N–H and O–H groups in total. The third-order valence-electron chi connectivity index (χ3n) is 6.80. The van der Waals surface area contributed by atoms with Crippen LogP contribution in [0.3, 0.4) is 0 Å². The predicted molar refractivity (Wildman–Crippen MR) is 131 cm³/mol. The smallest absolute Gasteiger partial charge is 0.233 e. The zero-order chi connectivity index (χ0) is 23.4. The van der Waals surface area contributed by atoms with Gasteiger partial charge in [0.15, 0.2) is 0 Å². The standard InChI is InChI=1S/C26H30N6O2/c1-20-7-10-27-22(17-20)30-23-18-24(29-19-28-23)31-11-13-32(14-12-31)25(33)26(8-15-34-16-9-26)21-5-3-2-4-6-21/h2-7,10,17-19H,8-9,11-16H2,1H3,(H,27,28,29,30). The summed E-state index contributed by atoms with van der Waals surface area (Å²) in [5.74, 6) is 2.52. The van der Waals surface area contributed by atoms with Crippen molar-refractivity contribution in [2.75, 3.05) is 49.6 Å². The monoisotopic (exact) mass is 458 g/mol. The first-order valence-corrected chi connectivity index (χ1v) is 11.8. The summed E-state index contributed by atoms with van der Waals surface area (Å²) in [6, 6.07) is 16.1. The van der Waals surface area contributed by atoms with Crippen molar-refractivity contribution in [2.24, 2.45) is 0 Å². The van der Waals surface area contributed by atoms with Gasteiger partial charge in [-0.15, -0.1) is 0 Å². The minimum absolute atomic E-state index is 0.220. The summed E-state index contributed by atoms with van der Waals surface area (Å²) in [4.78, 5) is 31.2. The van der Waals surface area contributed by atoms with Gasteiger partial charge in [0.1, 0.15) is 23.8 Å². The number of aryl methyl sites for hydroxylation is 1. The van der Waals surface area contributed by atoms with Gasteiger partial charge in [-0.3, -0.25) is 4.79 Å². The average Bonchev–Trinajstić information content (AvgIpc) is 2.89. The molecule has 0 radical (unpaired) electrons. The Hall–Kier alpha value is -3.52. The van der Waals surface area contributed by atoms with E-state index in [9.17, 15) is 4.79 Å². The topological polar surface area (TPSA) is 83.5 Å². The molecule has 2 fully saturated rings. The van der Waals surface area contributed by atoms with Crippen LogP contribution in [0.2, 0.25) is 0 Å². The second kappa shape index (κ2) is 9.77. The third-order valence-corrected chi connectivity index (χ3v) is 6.80. The zero-order valence-corrected chi connectivity index (χ0v) is 19.5. The maximum Gasteiger partial charge on any atom is 0.233 e. The summed E-state index contributed by atoms with van der Waals surface area (Å²) in [5.41, 5.74) is 1.74. The van der Waals surface area contributed by atoms with E-state index in [-0.39, 0.29) is 5.91 Å². The van der Waals surface area contributed by atoms with Crippen LogP contribution in [-0.4, -0.2) is 65.2 Å². The minimum atomic E-state index is -0.492. The summed E-state index contributed by atoms with van der Waals surface area (Å²) in [7, 11) is 0. The van der Waals surface area contributed by atoms with Crippen LogP contribution in [0, 0.1) is 6.92 Å². The molecular weight excluding hydrogens is 428 g/mol. The SMILES string of the molecule is Cc1ccnc(Nc2cc(N3CCN(C(=O)C4(c5ccccc5)CCOCC4)CC3)ncn2)c1. The highest BCUT2D eigenvalue weighted by atomic mass is 16.5. The van der Waals surface area contributed by atoms with Gasteiger partial charge in [0.05, 0.1) is 5.41 Å². The molecule has 8 heteroatoms. The highest BCUT2D eigenvalue weighted by Crippen LogP contribution is 2.37. The molecule has 8 nitrogen and oxygen atoms in total. The second-order valence-corrected chi connectivity index (χ2v) is 8.94. The maximum atomic E-state index is 13.8. The van der Waals surface area contributed by atoms with E-state index in [1.807, 2.05) is 48.2 Å². The van der Waals surface area contributed by atoms with Crippen LogP contribution in [0.15, 0.2) is 61.1 Å². The van der Waals surface area contributed by atoms with Crippen LogP contribution in [-0.2, 0) is 14.9 Å². The van der Waals surface area contributed by atoms with E-state index in [4.69, 9.17) is 4.74 Å². The van der Waals surface area contributed by atoms with Crippen molar-refractivity contribution in [3.63, 3.8) is 0 Å². The highest BCUT2D eigenvalue weighted by molar-refractivity contribution is 5.88. The Morgan fingerprint density at radius 1 is 0.941 bits per heavy atom. The number of pyridine rings is 1. The van der Waals surface area contributed by atoms with Gasteiger partial charge in [-0.2, -0.15) is 0 Å². The lowest BCUT2D eigenvalue weighted by Crippen LogP contribution is -2.56. The molecule has 2 saturated heterocycles. The molecule has 0 saturated carbocycles. The lowest BCUT2D eigenvalue weighted by atomic mass is 9.73. The molecule has 1 aromatic carbocycles. The maximum absolute atomic E-state index is 13.8. The molecule has 5 rings (SSSR count). The molecular formula is C26H30N6O2. The third kappa shape index (κ3) is 4.59. The van der Waals surface area contributed by atoms with Crippen LogP contribution >= 0.6 is 0 Å². The number of ether oxygens (including phenoxy) is 1. The Morgan fingerprint density at radius 3 is 2.41 bits per heavy atom. The van der Waals surface area contributed by atoms with Crippen LogP contribution in [0.4, 0.5) is 17.5 Å². The number of hydrogen-bond acceptors (Lipinski definition) is 7. The van der Waals surface area contributed by atoms with Gasteiger partial charge in [0.2, 0.25) is 5.91 Å². The summed E-state index contributed by atoms with van der Waals surface area (Å²) in [5, 5.41) is 3.25. The van der Waals surface area contributed by atoms with Crippen LogP contribution in [0.25, 0.3) is 0 Å². The zero-order valence-electron chi connectivity index (χ0n) is 19.5. The van der Waals surface area contributed by atoms with Crippen molar-refractivity contribution in [2.45, 2.75) is 25.2 Å². The van der Waals surface area contributed by atoms with Crippen molar-refractivity contribution in [1.29, 1.82) is 0 Å². The Morgan fingerprint density at radius 2 is 1.68 bits per heavy atom. The van der Waals surface area contributed by atoms with Gasteiger partial charge >= 0.3 is 0 Å². The molecule has 2 aliphatic rings. The Kier molecular flexibility index (Phi) is 6.40. The fourth-order valence-electron chi connectivity index (χ4n) is 4.87. The van der Waals surface area contributed by atoms with Crippen LogP contribution < -0.4 is 10.2 Å². The number of nitrogens with zero attached hydrogens (tertiary/aromatic N) is 5. The molecule has 0 aliphatic carbocycles. The van der Waals surface area contributed by atoms with Crippen molar-refractivity contribution < 1.29 is 9.53 Å². The molecule has 0 bridgehead atoms. The van der Waals surface area contributed by atoms with Crippen molar-refractivity contribution in [3.05, 3.63) is 72.2 Å². The number of piperazine rings is 1. The average molecular weight is 459 g/mol. The number of anilines is 3. The van der Waals surface area contributed by atoms with Gasteiger partial charge in [-0.05, 0) is 43.0 Å². The lowest BCUT2D eigenvalue weighted by molar-refractivity contribution is -0.141. The molecule has 176 valence electrons. The van der Waals surface area contributed by atoms with E-state index < -0.39 is 5.41 Å². The summed E-state index contributed by atoms with van der Waals surface area (Å²) < 4.78 is 5.62. The van der Waals surface area contributed by atoms with Crippen molar-refractivity contribution >= 4 is 23.4 Å². The number of carbonyl (C=O) groups is 1. The first-order chi connectivity index (χ1) is 16.6. The van der Waals surface area contributed by atoms with E-state index >= 15 is 0 Å². The van der Waals surface area contributed by atoms with E-state index in [1.165, 1.54) is 0 Å². The largest absolute Gasteiger partial charge is 0.381 e. The van der Waals surface area contributed by atoms with E-state index in [2.05, 4.69) is 37.3 Å². The van der Waals surface area contributed by atoms with E-state index in [1.54, 1.807) is 12.5 Å². The molecule has 1 amide bonds. The Bertz CT molecular complexity index is 1120. The number of benzene rings is 1. The lowest BCUT2D eigenvalue weighted by Gasteiger charge is -2.43. The normalized spacial score (nSPS) is 17.9. The van der Waals surface area contributed by atoms with Crippen molar-refractivity contribution in [3.8, 4) is 0 Å². The predicted octanol–water partition coefficient (Wildman–Crippen LogP) is 3.32.